The fraction of sp³-hybridized carbons (Fsp3) is 0.304. The summed E-state index contributed by atoms with van der Waals surface area (Å²) in [6.07, 6.45) is 5.38. The van der Waals surface area contributed by atoms with E-state index in [4.69, 9.17) is 4.74 Å². The van der Waals surface area contributed by atoms with Gasteiger partial charge in [0.1, 0.15) is 0 Å². The standard InChI is InChI=1S/C23H24N2O5S/c26-22(20-15-24-21-8-4-3-7-19(20)21)16-30-23(27)17-9-11-18(12-10-17)31(28,29)25-13-5-1-2-6-14-25/h3-4,7-12,15,24H,1-2,5-6,13-14,16H2. The lowest BCUT2D eigenvalue weighted by Crippen LogP contribution is -2.31. The minimum atomic E-state index is -3.58. The lowest BCUT2D eigenvalue weighted by molar-refractivity contribution is 0.0475. The van der Waals surface area contributed by atoms with Gasteiger partial charge in [0.05, 0.1) is 10.5 Å². The Morgan fingerprint density at radius 1 is 0.935 bits per heavy atom. The van der Waals surface area contributed by atoms with Crippen LogP contribution in [0.1, 0.15) is 46.4 Å². The van der Waals surface area contributed by atoms with Crippen LogP contribution in [-0.2, 0) is 14.8 Å². The molecule has 31 heavy (non-hydrogen) atoms. The molecule has 0 aliphatic carbocycles. The summed E-state index contributed by atoms with van der Waals surface area (Å²) in [6.45, 7) is 0.638. The molecular formula is C23H24N2O5S. The lowest BCUT2D eigenvalue weighted by Gasteiger charge is -2.19. The summed E-state index contributed by atoms with van der Waals surface area (Å²) in [5.41, 5.74) is 1.49. The molecule has 8 heteroatoms. The third kappa shape index (κ3) is 4.55. The van der Waals surface area contributed by atoms with Gasteiger partial charge in [-0.25, -0.2) is 13.2 Å². The first kappa shape index (κ1) is 21.3. The number of sulfonamides is 1. The van der Waals surface area contributed by atoms with Crippen molar-refractivity contribution < 1.29 is 22.7 Å². The van der Waals surface area contributed by atoms with Crippen LogP contribution in [0, 0.1) is 0 Å². The Balaban J connectivity index is 1.40. The van der Waals surface area contributed by atoms with E-state index in [1.165, 1.54) is 28.6 Å². The van der Waals surface area contributed by atoms with Gasteiger partial charge in [0.2, 0.25) is 15.8 Å². The maximum Gasteiger partial charge on any atom is 0.338 e. The van der Waals surface area contributed by atoms with Gasteiger partial charge in [0.25, 0.3) is 0 Å². The number of benzene rings is 2. The zero-order valence-electron chi connectivity index (χ0n) is 17.0. The normalized spacial score (nSPS) is 15.5. The maximum atomic E-state index is 12.8. The average Bonchev–Trinajstić information content (AvgIpc) is 3.02. The fourth-order valence-electron chi connectivity index (χ4n) is 3.79. The first-order valence-electron chi connectivity index (χ1n) is 10.3. The van der Waals surface area contributed by atoms with Crippen molar-refractivity contribution in [2.75, 3.05) is 19.7 Å². The summed E-state index contributed by atoms with van der Waals surface area (Å²) < 4.78 is 32.3. The summed E-state index contributed by atoms with van der Waals surface area (Å²) in [7, 11) is -3.58. The molecule has 3 aromatic rings. The van der Waals surface area contributed by atoms with Gasteiger partial charge in [-0.15, -0.1) is 0 Å². The van der Waals surface area contributed by atoms with Crippen LogP contribution in [0.15, 0.2) is 59.6 Å². The van der Waals surface area contributed by atoms with Crippen LogP contribution in [-0.4, -0.2) is 49.2 Å². The van der Waals surface area contributed by atoms with E-state index in [0.29, 0.717) is 18.7 Å². The lowest BCUT2D eigenvalue weighted by atomic mass is 10.1. The van der Waals surface area contributed by atoms with E-state index in [1.807, 2.05) is 24.3 Å². The Kier molecular flexibility index (Phi) is 6.20. The van der Waals surface area contributed by atoms with Crippen molar-refractivity contribution in [1.82, 2.24) is 9.29 Å². The molecule has 0 bridgehead atoms. The van der Waals surface area contributed by atoms with E-state index in [1.54, 1.807) is 6.20 Å². The molecule has 162 valence electrons. The second-order valence-electron chi connectivity index (χ2n) is 7.59. The predicted octanol–water partition coefficient (Wildman–Crippen LogP) is 3.77. The Labute approximate surface area is 181 Å². The third-order valence-corrected chi connectivity index (χ3v) is 7.43. The SMILES string of the molecule is O=C(OCC(=O)c1c[nH]c2ccccc12)c1ccc(S(=O)(=O)N2CCCCCC2)cc1. The number of carbonyl (C=O) groups excluding carboxylic acids is 2. The van der Waals surface area contributed by atoms with E-state index in [0.717, 1.165) is 36.6 Å². The highest BCUT2D eigenvalue weighted by atomic mass is 32.2. The number of Topliss-reactive ketones (excluding diaryl/α,β-unsaturated/α-hetero) is 1. The second kappa shape index (κ2) is 9.03. The van der Waals surface area contributed by atoms with Gasteiger partial charge < -0.3 is 9.72 Å². The molecule has 1 fully saturated rings. The molecule has 1 aromatic heterocycles. The van der Waals surface area contributed by atoms with E-state index < -0.39 is 22.6 Å². The summed E-state index contributed by atoms with van der Waals surface area (Å²) in [5, 5.41) is 0.770. The van der Waals surface area contributed by atoms with Crippen LogP contribution in [0.3, 0.4) is 0 Å². The molecule has 1 saturated heterocycles. The summed E-state index contributed by atoms with van der Waals surface area (Å²) in [5.74, 6) is -0.988. The monoisotopic (exact) mass is 440 g/mol. The number of aromatic nitrogens is 1. The number of nitrogens with zero attached hydrogens (tertiary/aromatic N) is 1. The highest BCUT2D eigenvalue weighted by Crippen LogP contribution is 2.21. The molecule has 0 radical (unpaired) electrons. The summed E-state index contributed by atoms with van der Waals surface area (Å²) in [4.78, 5) is 28.0. The number of ether oxygens (including phenoxy) is 1. The quantitative estimate of drug-likeness (QED) is 0.465. The minimum Gasteiger partial charge on any atom is -0.454 e. The van der Waals surface area contributed by atoms with E-state index in [-0.39, 0.29) is 16.2 Å². The van der Waals surface area contributed by atoms with Crippen LogP contribution in [0.25, 0.3) is 10.9 Å². The van der Waals surface area contributed by atoms with Gasteiger partial charge in [-0.1, -0.05) is 31.0 Å². The van der Waals surface area contributed by atoms with Crippen LogP contribution in [0.5, 0.6) is 0 Å². The number of esters is 1. The molecule has 1 aliphatic heterocycles. The van der Waals surface area contributed by atoms with Crippen molar-refractivity contribution in [1.29, 1.82) is 0 Å². The number of carbonyl (C=O) groups is 2. The van der Waals surface area contributed by atoms with Crippen molar-refractivity contribution in [2.24, 2.45) is 0 Å². The van der Waals surface area contributed by atoms with Crippen molar-refractivity contribution in [3.8, 4) is 0 Å². The van der Waals surface area contributed by atoms with Crippen LogP contribution < -0.4 is 0 Å². The minimum absolute atomic E-state index is 0.154. The van der Waals surface area contributed by atoms with Crippen molar-refractivity contribution in [3.05, 3.63) is 65.9 Å². The van der Waals surface area contributed by atoms with Crippen molar-refractivity contribution in [3.63, 3.8) is 0 Å². The molecule has 0 atom stereocenters. The first-order chi connectivity index (χ1) is 15.0. The van der Waals surface area contributed by atoms with Crippen LogP contribution >= 0.6 is 0 Å². The number of hydrogen-bond acceptors (Lipinski definition) is 5. The zero-order valence-corrected chi connectivity index (χ0v) is 17.9. The molecule has 1 aliphatic rings. The smallest absolute Gasteiger partial charge is 0.338 e. The summed E-state index contributed by atoms with van der Waals surface area (Å²) in [6, 6.07) is 13.1. The van der Waals surface area contributed by atoms with Gasteiger partial charge in [-0.3, -0.25) is 4.79 Å². The van der Waals surface area contributed by atoms with Gasteiger partial charge in [-0.2, -0.15) is 4.31 Å². The number of H-pyrrole nitrogens is 1. The molecule has 0 saturated carbocycles. The topological polar surface area (TPSA) is 96.5 Å². The Bertz CT molecular complexity index is 1190. The molecule has 2 heterocycles. The third-order valence-electron chi connectivity index (χ3n) is 5.52. The number of ketones is 1. The first-order valence-corrected chi connectivity index (χ1v) is 11.8. The van der Waals surface area contributed by atoms with Crippen molar-refractivity contribution in [2.45, 2.75) is 30.6 Å². The van der Waals surface area contributed by atoms with Gasteiger partial charge >= 0.3 is 5.97 Å². The van der Waals surface area contributed by atoms with Gasteiger partial charge in [-0.05, 0) is 43.2 Å². The van der Waals surface area contributed by atoms with E-state index >= 15 is 0 Å². The fourth-order valence-corrected chi connectivity index (χ4v) is 5.31. The van der Waals surface area contributed by atoms with Crippen molar-refractivity contribution >= 4 is 32.7 Å². The molecular weight excluding hydrogens is 416 g/mol. The molecule has 1 N–H and O–H groups in total. The van der Waals surface area contributed by atoms with Gasteiger partial charge in [0.15, 0.2) is 6.61 Å². The number of hydrogen-bond donors (Lipinski definition) is 1. The molecule has 4 rings (SSSR count). The highest BCUT2D eigenvalue weighted by Gasteiger charge is 2.25. The summed E-state index contributed by atoms with van der Waals surface area (Å²) >= 11 is 0. The zero-order chi connectivity index (χ0) is 21.8. The average molecular weight is 441 g/mol. The van der Waals surface area contributed by atoms with E-state index in [2.05, 4.69) is 4.98 Å². The number of aromatic amines is 1. The molecule has 7 nitrogen and oxygen atoms in total. The number of rotatable bonds is 6. The largest absolute Gasteiger partial charge is 0.454 e. The highest BCUT2D eigenvalue weighted by molar-refractivity contribution is 7.89. The predicted molar refractivity (Wildman–Crippen MR) is 117 cm³/mol. The number of para-hydroxylation sites is 1. The van der Waals surface area contributed by atoms with E-state index in [9.17, 15) is 18.0 Å². The van der Waals surface area contributed by atoms with Crippen LogP contribution in [0.4, 0.5) is 0 Å². The maximum absolute atomic E-state index is 12.8. The van der Waals surface area contributed by atoms with Crippen LogP contribution in [0.2, 0.25) is 0 Å². The second-order valence-corrected chi connectivity index (χ2v) is 9.53. The number of nitrogens with one attached hydrogen (secondary N) is 1. The van der Waals surface area contributed by atoms with Gasteiger partial charge in [0, 0.05) is 35.8 Å². The Hall–Kier alpha value is -2.97. The number of fused-ring (bicyclic) bond motifs is 1. The Morgan fingerprint density at radius 2 is 1.61 bits per heavy atom. The molecule has 0 spiro atoms. The molecule has 0 unspecified atom stereocenters. The molecule has 2 aromatic carbocycles. The Morgan fingerprint density at radius 3 is 2.32 bits per heavy atom. The molecule has 0 amide bonds.